The highest BCUT2D eigenvalue weighted by Gasteiger charge is 2.21. The van der Waals surface area contributed by atoms with Crippen LogP contribution in [0.5, 0.6) is 0 Å². The van der Waals surface area contributed by atoms with Crippen molar-refractivity contribution in [2.24, 2.45) is 0 Å². The third-order valence-electron chi connectivity index (χ3n) is 4.88. The highest BCUT2D eigenvalue weighted by molar-refractivity contribution is 6.30. The van der Waals surface area contributed by atoms with Crippen LogP contribution in [0.1, 0.15) is 29.2 Å². The van der Waals surface area contributed by atoms with Crippen LogP contribution in [0.15, 0.2) is 47.6 Å². The van der Waals surface area contributed by atoms with E-state index in [-0.39, 0.29) is 17.7 Å². The predicted octanol–water partition coefficient (Wildman–Crippen LogP) is 3.03. The lowest BCUT2D eigenvalue weighted by atomic mass is 10.1. The fraction of sp³-hybridized carbons (Fsp3) is 0.429. The summed E-state index contributed by atoms with van der Waals surface area (Å²) in [7, 11) is 0. The molecular weight excluding hydrogens is 392 g/mol. The van der Waals surface area contributed by atoms with E-state index in [0.717, 1.165) is 39.0 Å². The molecule has 156 valence electrons. The lowest BCUT2D eigenvalue weighted by molar-refractivity contribution is 0.0642. The number of piperazine rings is 1. The maximum Gasteiger partial charge on any atom is 0.277 e. The van der Waals surface area contributed by atoms with Crippen LogP contribution in [-0.2, 0) is 6.54 Å². The molecule has 3 rings (SSSR count). The topological polar surface area (TPSA) is 81.8 Å². The molecule has 1 aromatic heterocycles. The van der Waals surface area contributed by atoms with E-state index in [9.17, 15) is 9.90 Å². The number of rotatable bonds is 9. The van der Waals surface area contributed by atoms with E-state index >= 15 is 0 Å². The molecule has 1 amide bonds. The Kier molecular flexibility index (Phi) is 7.83. The quantitative estimate of drug-likeness (QED) is 0.609. The molecule has 1 saturated heterocycles. The van der Waals surface area contributed by atoms with E-state index in [1.165, 1.54) is 6.26 Å². The van der Waals surface area contributed by atoms with Gasteiger partial charge in [-0.1, -0.05) is 17.7 Å². The molecule has 1 aliphatic heterocycles. The SMILES string of the molecule is C=CCC[C@H](O)CN1CCN(Cc2nc(C(=O)Nc3ccc(Cl)cc3)co2)CC1. The van der Waals surface area contributed by atoms with Crippen molar-refractivity contribution >= 4 is 23.2 Å². The van der Waals surface area contributed by atoms with Crippen LogP contribution in [0.25, 0.3) is 0 Å². The molecule has 2 aromatic rings. The van der Waals surface area contributed by atoms with Crippen molar-refractivity contribution in [3.63, 3.8) is 0 Å². The first-order valence-electron chi connectivity index (χ1n) is 9.78. The van der Waals surface area contributed by atoms with Crippen molar-refractivity contribution in [1.82, 2.24) is 14.8 Å². The standard InChI is InChI=1S/C21H27ClN4O3/c1-2-3-4-18(27)13-25-9-11-26(12-10-25)14-20-24-19(15-29-20)21(28)23-17-7-5-16(22)6-8-17/h2,5-8,15,18,27H,1,3-4,9-14H2,(H,23,28)/t18-/m0/s1. The van der Waals surface area contributed by atoms with E-state index in [1.54, 1.807) is 24.3 Å². The first-order valence-corrected chi connectivity index (χ1v) is 10.2. The molecule has 2 heterocycles. The number of hydrogen-bond donors (Lipinski definition) is 2. The summed E-state index contributed by atoms with van der Waals surface area (Å²) in [6, 6.07) is 6.89. The van der Waals surface area contributed by atoms with Crippen molar-refractivity contribution in [2.75, 3.05) is 38.0 Å². The highest BCUT2D eigenvalue weighted by atomic mass is 35.5. The number of carbonyl (C=O) groups excluding carboxylic acids is 1. The molecule has 0 spiro atoms. The number of nitrogens with zero attached hydrogens (tertiary/aromatic N) is 3. The fourth-order valence-corrected chi connectivity index (χ4v) is 3.36. The third kappa shape index (κ3) is 6.68. The summed E-state index contributed by atoms with van der Waals surface area (Å²) >= 11 is 5.85. The monoisotopic (exact) mass is 418 g/mol. The Labute approximate surface area is 176 Å². The summed E-state index contributed by atoms with van der Waals surface area (Å²) in [4.78, 5) is 21.1. The Bertz CT molecular complexity index is 801. The minimum Gasteiger partial charge on any atom is -0.447 e. The maximum atomic E-state index is 12.3. The molecule has 0 saturated carbocycles. The molecular formula is C21H27ClN4O3. The number of benzene rings is 1. The van der Waals surface area contributed by atoms with Crippen LogP contribution in [0.2, 0.25) is 5.02 Å². The number of anilines is 1. The van der Waals surface area contributed by atoms with E-state index in [1.807, 2.05) is 6.08 Å². The summed E-state index contributed by atoms with van der Waals surface area (Å²) in [6.45, 7) is 8.43. The van der Waals surface area contributed by atoms with Crippen LogP contribution in [-0.4, -0.2) is 64.6 Å². The fourth-order valence-electron chi connectivity index (χ4n) is 3.24. The second kappa shape index (κ2) is 10.5. The molecule has 2 N–H and O–H groups in total. The Morgan fingerprint density at radius 3 is 2.66 bits per heavy atom. The lowest BCUT2D eigenvalue weighted by Crippen LogP contribution is -2.48. The van der Waals surface area contributed by atoms with Crippen LogP contribution >= 0.6 is 11.6 Å². The van der Waals surface area contributed by atoms with Gasteiger partial charge in [-0.05, 0) is 37.1 Å². The lowest BCUT2D eigenvalue weighted by Gasteiger charge is -2.34. The van der Waals surface area contributed by atoms with Crippen LogP contribution < -0.4 is 5.32 Å². The summed E-state index contributed by atoms with van der Waals surface area (Å²) < 4.78 is 5.48. The number of aromatic nitrogens is 1. The molecule has 0 aliphatic carbocycles. The average Bonchev–Trinajstić information content (AvgIpc) is 3.18. The Balaban J connectivity index is 1.44. The first kappa shape index (κ1) is 21.5. The molecule has 0 bridgehead atoms. The highest BCUT2D eigenvalue weighted by Crippen LogP contribution is 2.15. The smallest absolute Gasteiger partial charge is 0.277 e. The second-order valence-electron chi connectivity index (χ2n) is 7.18. The van der Waals surface area contributed by atoms with Crippen molar-refractivity contribution in [2.45, 2.75) is 25.5 Å². The van der Waals surface area contributed by atoms with Gasteiger partial charge < -0.3 is 14.8 Å². The largest absolute Gasteiger partial charge is 0.447 e. The zero-order chi connectivity index (χ0) is 20.6. The van der Waals surface area contributed by atoms with Gasteiger partial charge in [0.1, 0.15) is 6.26 Å². The van der Waals surface area contributed by atoms with Gasteiger partial charge in [0, 0.05) is 43.4 Å². The Morgan fingerprint density at radius 2 is 1.97 bits per heavy atom. The van der Waals surface area contributed by atoms with Gasteiger partial charge in [0.05, 0.1) is 12.6 Å². The summed E-state index contributed by atoms with van der Waals surface area (Å²) in [5.74, 6) is 0.200. The van der Waals surface area contributed by atoms with E-state index in [2.05, 4.69) is 26.7 Å². The van der Waals surface area contributed by atoms with Gasteiger partial charge in [0.25, 0.3) is 5.91 Å². The zero-order valence-electron chi connectivity index (χ0n) is 16.4. The van der Waals surface area contributed by atoms with Crippen molar-refractivity contribution < 1.29 is 14.3 Å². The van der Waals surface area contributed by atoms with E-state index in [4.69, 9.17) is 16.0 Å². The molecule has 1 atom stereocenters. The second-order valence-corrected chi connectivity index (χ2v) is 7.62. The Hall–Kier alpha value is -2.19. The molecule has 7 nitrogen and oxygen atoms in total. The van der Waals surface area contributed by atoms with Crippen molar-refractivity contribution in [1.29, 1.82) is 0 Å². The van der Waals surface area contributed by atoms with Crippen molar-refractivity contribution in [3.8, 4) is 0 Å². The summed E-state index contributed by atoms with van der Waals surface area (Å²) in [5, 5.41) is 13.4. The third-order valence-corrected chi connectivity index (χ3v) is 5.14. The number of allylic oxidation sites excluding steroid dienone is 1. The van der Waals surface area contributed by atoms with Gasteiger partial charge in [-0.2, -0.15) is 0 Å². The molecule has 0 radical (unpaired) electrons. The predicted molar refractivity (Wildman–Crippen MR) is 113 cm³/mol. The van der Waals surface area contributed by atoms with Gasteiger partial charge in [0.15, 0.2) is 5.69 Å². The number of nitrogens with one attached hydrogen (secondary N) is 1. The average molecular weight is 419 g/mol. The summed E-state index contributed by atoms with van der Waals surface area (Å²) in [6.07, 6.45) is 4.49. The molecule has 1 aliphatic rings. The first-order chi connectivity index (χ1) is 14.0. The number of aliphatic hydroxyl groups excluding tert-OH is 1. The van der Waals surface area contributed by atoms with Crippen molar-refractivity contribution in [3.05, 3.63) is 59.8 Å². The zero-order valence-corrected chi connectivity index (χ0v) is 17.1. The number of halogens is 1. The molecule has 0 unspecified atom stereocenters. The minimum atomic E-state index is -0.319. The maximum absolute atomic E-state index is 12.3. The van der Waals surface area contributed by atoms with Crippen LogP contribution in [0, 0.1) is 0 Å². The molecule has 1 fully saturated rings. The number of amides is 1. The number of hydrogen-bond acceptors (Lipinski definition) is 6. The molecule has 1 aromatic carbocycles. The number of carbonyl (C=O) groups is 1. The van der Waals surface area contributed by atoms with Gasteiger partial charge in [0.2, 0.25) is 5.89 Å². The van der Waals surface area contributed by atoms with E-state index in [0.29, 0.717) is 29.7 Å². The number of oxazole rings is 1. The Morgan fingerprint density at radius 1 is 1.28 bits per heavy atom. The normalized spacial score (nSPS) is 16.5. The molecule has 8 heteroatoms. The number of β-amino-alcohol motifs (C(OH)–C–C–N with tert-alkyl or cyclic N) is 1. The van der Waals surface area contributed by atoms with Gasteiger partial charge in [-0.25, -0.2) is 4.98 Å². The minimum absolute atomic E-state index is 0.249. The van der Waals surface area contributed by atoms with E-state index < -0.39 is 0 Å². The van der Waals surface area contributed by atoms with Crippen LogP contribution in [0.4, 0.5) is 5.69 Å². The van der Waals surface area contributed by atoms with Gasteiger partial charge in [-0.15, -0.1) is 6.58 Å². The molecule has 29 heavy (non-hydrogen) atoms. The van der Waals surface area contributed by atoms with Gasteiger partial charge in [-0.3, -0.25) is 14.6 Å². The summed E-state index contributed by atoms with van der Waals surface area (Å²) in [5.41, 5.74) is 0.897. The van der Waals surface area contributed by atoms with Crippen LogP contribution in [0.3, 0.4) is 0 Å². The van der Waals surface area contributed by atoms with Gasteiger partial charge >= 0.3 is 0 Å². The number of aliphatic hydroxyl groups is 1.